The average molecular weight is 171 g/mol. The van der Waals surface area contributed by atoms with Gasteiger partial charge < -0.3 is 4.90 Å². The SMILES string of the molecule is CCN(C)c1ccnc(Cl)c1. The Morgan fingerprint density at radius 1 is 1.64 bits per heavy atom. The number of nitrogens with zero attached hydrogens (tertiary/aromatic N) is 2. The fraction of sp³-hybridized carbons (Fsp3) is 0.375. The van der Waals surface area contributed by atoms with Crippen LogP contribution in [-0.4, -0.2) is 18.6 Å². The fourth-order valence-electron chi connectivity index (χ4n) is 0.812. The van der Waals surface area contributed by atoms with Gasteiger partial charge in [0.15, 0.2) is 0 Å². The second-order valence-corrected chi connectivity index (χ2v) is 2.74. The van der Waals surface area contributed by atoms with Gasteiger partial charge >= 0.3 is 0 Å². The van der Waals surface area contributed by atoms with Crippen molar-refractivity contribution in [1.29, 1.82) is 0 Å². The molecule has 60 valence electrons. The van der Waals surface area contributed by atoms with Crippen molar-refractivity contribution < 1.29 is 0 Å². The van der Waals surface area contributed by atoms with Crippen molar-refractivity contribution in [3.05, 3.63) is 23.5 Å². The maximum absolute atomic E-state index is 5.71. The van der Waals surface area contributed by atoms with Gasteiger partial charge in [-0.3, -0.25) is 0 Å². The molecular weight excluding hydrogens is 160 g/mol. The summed E-state index contributed by atoms with van der Waals surface area (Å²) in [6.07, 6.45) is 1.71. The van der Waals surface area contributed by atoms with Gasteiger partial charge in [0.2, 0.25) is 0 Å². The predicted molar refractivity (Wildman–Crippen MR) is 48.2 cm³/mol. The quantitative estimate of drug-likeness (QED) is 0.633. The highest BCUT2D eigenvalue weighted by molar-refractivity contribution is 6.29. The van der Waals surface area contributed by atoms with Gasteiger partial charge in [-0.25, -0.2) is 4.98 Å². The van der Waals surface area contributed by atoms with Crippen LogP contribution in [0, 0.1) is 0 Å². The molecule has 0 unspecified atom stereocenters. The van der Waals surface area contributed by atoms with Crippen LogP contribution >= 0.6 is 11.6 Å². The molecular formula is C8H11ClN2. The lowest BCUT2D eigenvalue weighted by atomic mass is 10.4. The molecule has 0 radical (unpaired) electrons. The number of hydrogen-bond acceptors (Lipinski definition) is 2. The standard InChI is InChI=1S/C8H11ClN2/c1-3-11(2)7-4-5-10-8(9)6-7/h4-6H,3H2,1-2H3. The third kappa shape index (κ3) is 2.09. The van der Waals surface area contributed by atoms with Crippen molar-refractivity contribution in [2.75, 3.05) is 18.5 Å². The minimum Gasteiger partial charge on any atom is -0.375 e. The second kappa shape index (κ2) is 3.58. The zero-order chi connectivity index (χ0) is 8.27. The van der Waals surface area contributed by atoms with Crippen molar-refractivity contribution >= 4 is 17.3 Å². The van der Waals surface area contributed by atoms with Gasteiger partial charge in [0.1, 0.15) is 5.15 Å². The van der Waals surface area contributed by atoms with Crippen molar-refractivity contribution in [1.82, 2.24) is 4.98 Å². The molecule has 1 aromatic heterocycles. The first-order chi connectivity index (χ1) is 5.24. The van der Waals surface area contributed by atoms with Gasteiger partial charge in [0, 0.05) is 25.5 Å². The van der Waals surface area contributed by atoms with Crippen molar-refractivity contribution in [3.63, 3.8) is 0 Å². The summed E-state index contributed by atoms with van der Waals surface area (Å²) in [5.74, 6) is 0. The Labute approximate surface area is 71.8 Å². The predicted octanol–water partition coefficient (Wildman–Crippen LogP) is 2.19. The molecule has 0 atom stereocenters. The Morgan fingerprint density at radius 2 is 2.36 bits per heavy atom. The van der Waals surface area contributed by atoms with E-state index in [9.17, 15) is 0 Å². The van der Waals surface area contributed by atoms with Crippen molar-refractivity contribution in [2.24, 2.45) is 0 Å². The summed E-state index contributed by atoms with van der Waals surface area (Å²) in [5.41, 5.74) is 1.10. The van der Waals surface area contributed by atoms with Crippen molar-refractivity contribution in [2.45, 2.75) is 6.92 Å². The van der Waals surface area contributed by atoms with Crippen LogP contribution in [0.15, 0.2) is 18.3 Å². The minimum absolute atomic E-state index is 0.544. The van der Waals surface area contributed by atoms with E-state index in [1.54, 1.807) is 6.20 Å². The zero-order valence-electron chi connectivity index (χ0n) is 6.71. The lowest BCUT2D eigenvalue weighted by Gasteiger charge is -2.15. The molecule has 0 fully saturated rings. The average Bonchev–Trinajstić information content (AvgIpc) is 2.03. The summed E-state index contributed by atoms with van der Waals surface area (Å²) >= 11 is 5.71. The maximum atomic E-state index is 5.71. The molecule has 11 heavy (non-hydrogen) atoms. The molecule has 1 aromatic rings. The molecule has 2 nitrogen and oxygen atoms in total. The van der Waals surface area contributed by atoms with Gasteiger partial charge in [-0.15, -0.1) is 0 Å². The number of halogens is 1. The Morgan fingerprint density at radius 3 is 2.91 bits per heavy atom. The number of rotatable bonds is 2. The summed E-state index contributed by atoms with van der Waals surface area (Å²) in [6.45, 7) is 3.06. The lowest BCUT2D eigenvalue weighted by Crippen LogP contribution is -2.15. The molecule has 1 rings (SSSR count). The van der Waals surface area contributed by atoms with Crippen LogP contribution in [0.25, 0.3) is 0 Å². The van der Waals surface area contributed by atoms with E-state index in [2.05, 4.69) is 16.8 Å². The van der Waals surface area contributed by atoms with Gasteiger partial charge in [-0.1, -0.05) is 11.6 Å². The van der Waals surface area contributed by atoms with Crippen LogP contribution in [-0.2, 0) is 0 Å². The molecule has 3 heteroatoms. The van der Waals surface area contributed by atoms with E-state index in [4.69, 9.17) is 11.6 Å². The van der Waals surface area contributed by atoms with Crippen molar-refractivity contribution in [3.8, 4) is 0 Å². The number of hydrogen-bond donors (Lipinski definition) is 0. The molecule has 0 aromatic carbocycles. The fourth-order valence-corrected chi connectivity index (χ4v) is 0.980. The Bertz CT molecular complexity index is 237. The Balaban J connectivity index is 2.86. The first-order valence-corrected chi connectivity index (χ1v) is 3.94. The summed E-state index contributed by atoms with van der Waals surface area (Å²) in [7, 11) is 2.02. The Hall–Kier alpha value is -0.760. The van der Waals surface area contributed by atoms with Crippen LogP contribution in [0.4, 0.5) is 5.69 Å². The van der Waals surface area contributed by atoms with E-state index in [1.807, 2.05) is 19.2 Å². The zero-order valence-corrected chi connectivity index (χ0v) is 7.47. The monoisotopic (exact) mass is 170 g/mol. The molecule has 0 bridgehead atoms. The summed E-state index contributed by atoms with van der Waals surface area (Å²) in [4.78, 5) is 6.00. The lowest BCUT2D eigenvalue weighted by molar-refractivity contribution is 0.965. The van der Waals surface area contributed by atoms with E-state index in [1.165, 1.54) is 0 Å². The van der Waals surface area contributed by atoms with E-state index in [0.29, 0.717) is 5.15 Å². The Kier molecular flexibility index (Phi) is 2.71. The maximum Gasteiger partial charge on any atom is 0.131 e. The van der Waals surface area contributed by atoms with Gasteiger partial charge in [-0.2, -0.15) is 0 Å². The number of anilines is 1. The number of aromatic nitrogens is 1. The summed E-state index contributed by atoms with van der Waals surface area (Å²) in [5, 5.41) is 0.544. The van der Waals surface area contributed by atoms with E-state index in [-0.39, 0.29) is 0 Å². The molecule has 0 aliphatic heterocycles. The molecule has 0 saturated carbocycles. The highest BCUT2D eigenvalue weighted by atomic mass is 35.5. The second-order valence-electron chi connectivity index (χ2n) is 2.35. The minimum atomic E-state index is 0.544. The van der Waals surface area contributed by atoms with E-state index >= 15 is 0 Å². The van der Waals surface area contributed by atoms with Gasteiger partial charge in [0.25, 0.3) is 0 Å². The van der Waals surface area contributed by atoms with Crippen LogP contribution in [0.3, 0.4) is 0 Å². The normalized spacial score (nSPS) is 9.73. The van der Waals surface area contributed by atoms with Gasteiger partial charge in [0.05, 0.1) is 0 Å². The summed E-state index contributed by atoms with van der Waals surface area (Å²) < 4.78 is 0. The largest absolute Gasteiger partial charge is 0.375 e. The van der Waals surface area contributed by atoms with Gasteiger partial charge in [-0.05, 0) is 19.1 Å². The van der Waals surface area contributed by atoms with Crippen LogP contribution < -0.4 is 4.90 Å². The third-order valence-electron chi connectivity index (χ3n) is 1.63. The number of pyridine rings is 1. The van der Waals surface area contributed by atoms with Crippen LogP contribution in [0.2, 0.25) is 5.15 Å². The molecule has 0 saturated heterocycles. The highest BCUT2D eigenvalue weighted by Crippen LogP contribution is 2.14. The topological polar surface area (TPSA) is 16.1 Å². The third-order valence-corrected chi connectivity index (χ3v) is 1.83. The first kappa shape index (κ1) is 8.34. The van der Waals surface area contributed by atoms with E-state index in [0.717, 1.165) is 12.2 Å². The van der Waals surface area contributed by atoms with Crippen LogP contribution in [0.5, 0.6) is 0 Å². The molecule has 0 spiro atoms. The van der Waals surface area contributed by atoms with Crippen LogP contribution in [0.1, 0.15) is 6.92 Å². The first-order valence-electron chi connectivity index (χ1n) is 3.56. The van der Waals surface area contributed by atoms with E-state index < -0.39 is 0 Å². The molecule has 0 N–H and O–H groups in total. The summed E-state index contributed by atoms with van der Waals surface area (Å²) in [6, 6.07) is 3.79. The molecule has 0 amide bonds. The highest BCUT2D eigenvalue weighted by Gasteiger charge is 1.97. The molecule has 0 aliphatic carbocycles. The smallest absolute Gasteiger partial charge is 0.131 e. The molecule has 1 heterocycles. The molecule has 0 aliphatic rings.